The summed E-state index contributed by atoms with van der Waals surface area (Å²) in [4.78, 5) is 15.0. The lowest BCUT2D eigenvalue weighted by molar-refractivity contribution is 0.0752. The van der Waals surface area contributed by atoms with Crippen molar-refractivity contribution in [1.29, 1.82) is 0 Å². The Balaban J connectivity index is 2.18. The van der Waals surface area contributed by atoms with Crippen LogP contribution < -0.4 is 5.73 Å². The molecule has 0 fully saturated rings. The third-order valence-corrected chi connectivity index (χ3v) is 3.74. The van der Waals surface area contributed by atoms with E-state index in [1.165, 1.54) is 0 Å². The van der Waals surface area contributed by atoms with Crippen molar-refractivity contribution in [3.05, 3.63) is 46.5 Å². The maximum Gasteiger partial charge on any atom is 0.267 e. The first-order valence-electron chi connectivity index (χ1n) is 6.60. The van der Waals surface area contributed by atoms with E-state index in [4.69, 9.17) is 5.73 Å². The number of benzene rings is 1. The Morgan fingerprint density at radius 2 is 2.10 bits per heavy atom. The summed E-state index contributed by atoms with van der Waals surface area (Å²) in [5.74, 6) is -0.0360. The monoisotopic (exact) mass is 290 g/mol. The molecule has 106 valence electrons. The first-order chi connectivity index (χ1) is 9.76. The Hall–Kier alpha value is -1.79. The van der Waals surface area contributed by atoms with Crippen molar-refractivity contribution < 1.29 is 4.79 Å². The predicted octanol–water partition coefficient (Wildman–Crippen LogP) is 1.70. The van der Waals surface area contributed by atoms with Crippen molar-refractivity contribution >= 4 is 17.4 Å². The number of aryl methyl sites for hydroxylation is 1. The third kappa shape index (κ3) is 3.40. The molecular formula is C14H18N4OS. The third-order valence-electron chi connectivity index (χ3n) is 2.99. The van der Waals surface area contributed by atoms with E-state index in [-0.39, 0.29) is 5.91 Å². The zero-order chi connectivity index (χ0) is 14.4. The summed E-state index contributed by atoms with van der Waals surface area (Å²) in [5, 5.41) is 4.00. The van der Waals surface area contributed by atoms with Crippen molar-refractivity contribution in [2.24, 2.45) is 5.73 Å². The lowest BCUT2D eigenvalue weighted by atomic mass is 10.2. The van der Waals surface area contributed by atoms with Crippen LogP contribution in [0.25, 0.3) is 0 Å². The molecule has 0 aliphatic carbocycles. The number of hydrogen-bond acceptors (Lipinski definition) is 5. The molecule has 1 aromatic carbocycles. The highest BCUT2D eigenvalue weighted by atomic mass is 32.1. The summed E-state index contributed by atoms with van der Waals surface area (Å²) in [6.45, 7) is 3.48. The Morgan fingerprint density at radius 3 is 2.75 bits per heavy atom. The molecule has 0 aliphatic heterocycles. The zero-order valence-electron chi connectivity index (χ0n) is 11.5. The van der Waals surface area contributed by atoms with E-state index in [9.17, 15) is 4.79 Å². The predicted molar refractivity (Wildman–Crippen MR) is 79.5 cm³/mol. The molecular weight excluding hydrogens is 272 g/mol. The summed E-state index contributed by atoms with van der Waals surface area (Å²) >= 11 is 1.15. The molecule has 0 saturated carbocycles. The summed E-state index contributed by atoms with van der Waals surface area (Å²) in [5.41, 5.74) is 7.47. The molecule has 20 heavy (non-hydrogen) atoms. The van der Waals surface area contributed by atoms with Gasteiger partial charge in [-0.25, -0.2) is 0 Å². The van der Waals surface area contributed by atoms with Gasteiger partial charge >= 0.3 is 0 Å². The van der Waals surface area contributed by atoms with Crippen LogP contribution in [0, 0.1) is 0 Å². The fourth-order valence-corrected chi connectivity index (χ4v) is 2.68. The van der Waals surface area contributed by atoms with E-state index in [0.29, 0.717) is 30.9 Å². The van der Waals surface area contributed by atoms with Crippen LogP contribution in [0.1, 0.15) is 27.9 Å². The molecule has 1 amide bonds. The number of rotatable bonds is 6. The van der Waals surface area contributed by atoms with E-state index < -0.39 is 0 Å². The molecule has 0 aliphatic rings. The highest BCUT2D eigenvalue weighted by Crippen LogP contribution is 2.16. The number of carbonyl (C=O) groups is 1. The molecule has 0 spiro atoms. The Morgan fingerprint density at radius 1 is 1.35 bits per heavy atom. The van der Waals surface area contributed by atoms with Crippen LogP contribution in [0.3, 0.4) is 0 Å². The Labute approximate surface area is 122 Å². The number of carbonyl (C=O) groups excluding carboxylic acids is 1. The molecule has 5 nitrogen and oxygen atoms in total. The quantitative estimate of drug-likeness (QED) is 0.879. The van der Waals surface area contributed by atoms with Crippen molar-refractivity contribution in [2.75, 3.05) is 13.1 Å². The summed E-state index contributed by atoms with van der Waals surface area (Å²) in [6, 6.07) is 9.89. The average Bonchev–Trinajstić information content (AvgIpc) is 2.95. The lowest BCUT2D eigenvalue weighted by Crippen LogP contribution is -2.34. The van der Waals surface area contributed by atoms with Gasteiger partial charge in [-0.2, -0.15) is 0 Å². The van der Waals surface area contributed by atoms with Gasteiger partial charge in [-0.05, 0) is 23.5 Å². The zero-order valence-corrected chi connectivity index (χ0v) is 12.3. The van der Waals surface area contributed by atoms with E-state index >= 15 is 0 Å². The van der Waals surface area contributed by atoms with Crippen LogP contribution in [-0.2, 0) is 13.0 Å². The van der Waals surface area contributed by atoms with Gasteiger partial charge in [0.1, 0.15) is 4.88 Å². The molecule has 0 bridgehead atoms. The van der Waals surface area contributed by atoms with E-state index in [0.717, 1.165) is 22.8 Å². The van der Waals surface area contributed by atoms with Crippen molar-refractivity contribution in [1.82, 2.24) is 14.5 Å². The van der Waals surface area contributed by atoms with Gasteiger partial charge in [-0.15, -0.1) is 5.10 Å². The fourth-order valence-electron chi connectivity index (χ4n) is 1.96. The average molecular weight is 290 g/mol. The van der Waals surface area contributed by atoms with Gasteiger partial charge < -0.3 is 10.6 Å². The van der Waals surface area contributed by atoms with Crippen LogP contribution in [0.15, 0.2) is 30.3 Å². The first kappa shape index (κ1) is 14.6. The van der Waals surface area contributed by atoms with E-state index in [1.807, 2.05) is 37.3 Å². The first-order valence-corrected chi connectivity index (χ1v) is 7.38. The second-order valence-electron chi connectivity index (χ2n) is 4.40. The molecule has 2 rings (SSSR count). The minimum absolute atomic E-state index is 0.0360. The van der Waals surface area contributed by atoms with Crippen LogP contribution in [0.5, 0.6) is 0 Å². The molecule has 0 radical (unpaired) electrons. The van der Waals surface area contributed by atoms with Gasteiger partial charge in [-0.1, -0.05) is 41.7 Å². The minimum Gasteiger partial charge on any atom is -0.332 e. The SMILES string of the molecule is CCc1nnsc1C(=O)N(CCN)Cc1ccccc1. The van der Waals surface area contributed by atoms with Gasteiger partial charge in [0.25, 0.3) is 5.91 Å². The van der Waals surface area contributed by atoms with E-state index in [2.05, 4.69) is 9.59 Å². The lowest BCUT2D eigenvalue weighted by Gasteiger charge is -2.21. The molecule has 1 heterocycles. The Bertz CT molecular complexity index is 555. The van der Waals surface area contributed by atoms with Gasteiger partial charge in [0.05, 0.1) is 5.69 Å². The molecule has 1 aromatic heterocycles. The Kier molecular flexibility index (Phi) is 5.20. The van der Waals surface area contributed by atoms with Gasteiger partial charge in [0.2, 0.25) is 0 Å². The van der Waals surface area contributed by atoms with Gasteiger partial charge in [0.15, 0.2) is 0 Å². The van der Waals surface area contributed by atoms with Crippen molar-refractivity contribution in [2.45, 2.75) is 19.9 Å². The molecule has 0 saturated heterocycles. The van der Waals surface area contributed by atoms with Crippen molar-refractivity contribution in [3.8, 4) is 0 Å². The molecule has 2 N–H and O–H groups in total. The summed E-state index contributed by atoms with van der Waals surface area (Å²) in [7, 11) is 0. The highest BCUT2D eigenvalue weighted by molar-refractivity contribution is 7.07. The topological polar surface area (TPSA) is 72.1 Å². The van der Waals surface area contributed by atoms with Crippen LogP contribution in [-0.4, -0.2) is 33.5 Å². The maximum absolute atomic E-state index is 12.6. The minimum atomic E-state index is -0.0360. The number of aromatic nitrogens is 2. The molecule has 2 aromatic rings. The second-order valence-corrected chi connectivity index (χ2v) is 5.16. The van der Waals surface area contributed by atoms with Gasteiger partial charge in [-0.3, -0.25) is 4.79 Å². The second kappa shape index (κ2) is 7.12. The normalized spacial score (nSPS) is 10.5. The molecule has 0 unspecified atom stereocenters. The fraction of sp³-hybridized carbons (Fsp3) is 0.357. The van der Waals surface area contributed by atoms with Crippen LogP contribution >= 0.6 is 11.5 Å². The summed E-state index contributed by atoms with van der Waals surface area (Å²) in [6.07, 6.45) is 0.708. The van der Waals surface area contributed by atoms with Crippen LogP contribution in [0.2, 0.25) is 0 Å². The van der Waals surface area contributed by atoms with E-state index in [1.54, 1.807) is 4.90 Å². The highest BCUT2D eigenvalue weighted by Gasteiger charge is 2.21. The largest absolute Gasteiger partial charge is 0.332 e. The maximum atomic E-state index is 12.6. The number of nitrogens with zero attached hydrogens (tertiary/aromatic N) is 3. The number of amides is 1. The van der Waals surface area contributed by atoms with Crippen LogP contribution in [0.4, 0.5) is 0 Å². The number of hydrogen-bond donors (Lipinski definition) is 1. The summed E-state index contributed by atoms with van der Waals surface area (Å²) < 4.78 is 3.88. The molecule has 0 atom stereocenters. The van der Waals surface area contributed by atoms with Crippen molar-refractivity contribution in [3.63, 3.8) is 0 Å². The number of nitrogens with two attached hydrogens (primary N) is 1. The van der Waals surface area contributed by atoms with Gasteiger partial charge in [0, 0.05) is 19.6 Å². The molecule has 6 heteroatoms. The standard InChI is InChI=1S/C14H18N4OS/c1-2-12-13(20-17-16-12)14(19)18(9-8-15)10-11-6-4-3-5-7-11/h3-7H,2,8-10,15H2,1H3. The smallest absolute Gasteiger partial charge is 0.267 e.